The third-order valence-corrected chi connectivity index (χ3v) is 3.33. The van der Waals surface area contributed by atoms with Gasteiger partial charge in [0, 0.05) is 18.1 Å². The Kier molecular flexibility index (Phi) is 3.76. The van der Waals surface area contributed by atoms with Gasteiger partial charge >= 0.3 is 0 Å². The molecule has 17 heavy (non-hydrogen) atoms. The van der Waals surface area contributed by atoms with Gasteiger partial charge in [-0.2, -0.15) is 0 Å². The predicted molar refractivity (Wildman–Crippen MR) is 71.3 cm³/mol. The van der Waals surface area contributed by atoms with Crippen LogP contribution in [0.5, 0.6) is 0 Å². The normalized spacial score (nSPS) is 12.4. The first-order chi connectivity index (χ1) is 8.16. The summed E-state index contributed by atoms with van der Waals surface area (Å²) in [6.07, 6.45) is -0.409. The summed E-state index contributed by atoms with van der Waals surface area (Å²) in [5.74, 6) is 0. The zero-order valence-electron chi connectivity index (χ0n) is 10.00. The van der Waals surface area contributed by atoms with Crippen molar-refractivity contribution in [2.45, 2.75) is 19.6 Å². The molecule has 0 bridgehead atoms. The van der Waals surface area contributed by atoms with Gasteiger partial charge in [-0.15, -0.1) is 11.3 Å². The van der Waals surface area contributed by atoms with E-state index < -0.39 is 6.10 Å². The third kappa shape index (κ3) is 3.05. The molecular formula is C13H16N2OS. The molecule has 0 unspecified atom stereocenters. The average molecular weight is 248 g/mol. The average Bonchev–Trinajstić information content (AvgIpc) is 2.82. The Bertz CT molecular complexity index is 451. The SMILES string of the molecule is C[C@@H](O)c1ccc(N(C)Cc2cscn2)cc1. The number of aliphatic hydroxyl groups excluding tert-OH is 1. The molecule has 1 atom stereocenters. The zero-order valence-corrected chi connectivity index (χ0v) is 10.8. The molecule has 1 aromatic carbocycles. The highest BCUT2D eigenvalue weighted by Crippen LogP contribution is 2.19. The van der Waals surface area contributed by atoms with Gasteiger partial charge in [0.25, 0.3) is 0 Å². The van der Waals surface area contributed by atoms with Crippen molar-refractivity contribution < 1.29 is 5.11 Å². The molecule has 0 fully saturated rings. The van der Waals surface area contributed by atoms with Gasteiger partial charge in [0.1, 0.15) is 0 Å². The van der Waals surface area contributed by atoms with E-state index >= 15 is 0 Å². The fraction of sp³-hybridized carbons (Fsp3) is 0.308. The van der Waals surface area contributed by atoms with E-state index in [1.54, 1.807) is 18.3 Å². The van der Waals surface area contributed by atoms with Crippen LogP contribution in [0, 0.1) is 0 Å². The van der Waals surface area contributed by atoms with Gasteiger partial charge in [-0.05, 0) is 24.6 Å². The van der Waals surface area contributed by atoms with Crippen LogP contribution < -0.4 is 4.90 Å². The van der Waals surface area contributed by atoms with Gasteiger partial charge < -0.3 is 10.0 Å². The van der Waals surface area contributed by atoms with Gasteiger partial charge in [-0.25, -0.2) is 4.98 Å². The molecule has 2 rings (SSSR count). The second-order valence-corrected chi connectivity index (χ2v) is 4.82. The van der Waals surface area contributed by atoms with Crippen molar-refractivity contribution in [2.75, 3.05) is 11.9 Å². The van der Waals surface area contributed by atoms with Crippen LogP contribution in [0.3, 0.4) is 0 Å². The first-order valence-corrected chi connectivity index (χ1v) is 6.47. The minimum absolute atomic E-state index is 0.409. The maximum atomic E-state index is 9.44. The van der Waals surface area contributed by atoms with Crippen LogP contribution in [0.4, 0.5) is 5.69 Å². The molecule has 0 spiro atoms. The molecule has 0 aliphatic carbocycles. The van der Waals surface area contributed by atoms with Crippen molar-refractivity contribution in [3.63, 3.8) is 0 Å². The van der Waals surface area contributed by atoms with E-state index in [1.807, 2.05) is 36.8 Å². The predicted octanol–water partition coefficient (Wildman–Crippen LogP) is 2.83. The smallest absolute Gasteiger partial charge is 0.0795 e. The summed E-state index contributed by atoms with van der Waals surface area (Å²) in [7, 11) is 2.04. The molecule has 0 aliphatic rings. The molecule has 0 saturated carbocycles. The van der Waals surface area contributed by atoms with E-state index in [2.05, 4.69) is 15.3 Å². The van der Waals surface area contributed by atoms with Crippen molar-refractivity contribution in [1.29, 1.82) is 0 Å². The maximum absolute atomic E-state index is 9.44. The molecule has 0 amide bonds. The number of anilines is 1. The molecule has 0 radical (unpaired) electrons. The fourth-order valence-electron chi connectivity index (χ4n) is 1.66. The number of thiazole rings is 1. The van der Waals surface area contributed by atoms with Gasteiger partial charge in [0.2, 0.25) is 0 Å². The van der Waals surface area contributed by atoms with Gasteiger partial charge in [-0.1, -0.05) is 12.1 Å². The van der Waals surface area contributed by atoms with E-state index in [1.165, 1.54) is 0 Å². The number of aromatic nitrogens is 1. The van der Waals surface area contributed by atoms with Gasteiger partial charge in [0.05, 0.1) is 23.9 Å². The molecule has 4 heteroatoms. The molecule has 1 heterocycles. The highest BCUT2D eigenvalue weighted by Gasteiger charge is 2.05. The van der Waals surface area contributed by atoms with E-state index in [4.69, 9.17) is 0 Å². The number of nitrogens with zero attached hydrogens (tertiary/aromatic N) is 2. The lowest BCUT2D eigenvalue weighted by Crippen LogP contribution is -2.16. The Labute approximate surface area is 105 Å². The second-order valence-electron chi connectivity index (χ2n) is 4.10. The molecule has 1 aromatic heterocycles. The molecule has 0 aliphatic heterocycles. The molecule has 1 N–H and O–H groups in total. The number of aliphatic hydroxyl groups is 1. The van der Waals surface area contributed by atoms with Crippen molar-refractivity contribution in [3.05, 3.63) is 46.4 Å². The van der Waals surface area contributed by atoms with Crippen LogP contribution in [-0.4, -0.2) is 17.1 Å². The summed E-state index contributed by atoms with van der Waals surface area (Å²) in [5.41, 5.74) is 5.00. The van der Waals surface area contributed by atoms with Gasteiger partial charge in [-0.3, -0.25) is 0 Å². The lowest BCUT2D eigenvalue weighted by Gasteiger charge is -2.18. The number of hydrogen-bond acceptors (Lipinski definition) is 4. The Balaban J connectivity index is 2.06. The summed E-state index contributed by atoms with van der Waals surface area (Å²) >= 11 is 1.61. The lowest BCUT2D eigenvalue weighted by atomic mass is 10.1. The first-order valence-electron chi connectivity index (χ1n) is 5.53. The second kappa shape index (κ2) is 5.29. The van der Waals surface area contributed by atoms with Crippen LogP contribution >= 0.6 is 11.3 Å². The zero-order chi connectivity index (χ0) is 12.3. The highest BCUT2D eigenvalue weighted by molar-refractivity contribution is 7.07. The molecule has 3 nitrogen and oxygen atoms in total. The lowest BCUT2D eigenvalue weighted by molar-refractivity contribution is 0.199. The van der Waals surface area contributed by atoms with Crippen LogP contribution in [0.25, 0.3) is 0 Å². The van der Waals surface area contributed by atoms with E-state index in [0.29, 0.717) is 0 Å². The Morgan fingerprint density at radius 2 is 2.06 bits per heavy atom. The first kappa shape index (κ1) is 12.1. The highest BCUT2D eigenvalue weighted by atomic mass is 32.1. The summed E-state index contributed by atoms with van der Waals surface area (Å²) in [6, 6.07) is 7.96. The molecule has 90 valence electrons. The molecular weight excluding hydrogens is 232 g/mol. The summed E-state index contributed by atoms with van der Waals surface area (Å²) < 4.78 is 0. The van der Waals surface area contributed by atoms with Crippen molar-refractivity contribution in [3.8, 4) is 0 Å². The standard InChI is InChI=1S/C13H16N2OS/c1-10(16)11-3-5-13(6-4-11)15(2)7-12-8-17-9-14-12/h3-6,8-10,16H,7H2,1-2H3/t10-/m1/s1. The van der Waals surface area contributed by atoms with Crippen molar-refractivity contribution in [1.82, 2.24) is 4.98 Å². The largest absolute Gasteiger partial charge is 0.389 e. The van der Waals surface area contributed by atoms with Gasteiger partial charge in [0.15, 0.2) is 0 Å². The molecule has 0 saturated heterocycles. The summed E-state index contributed by atoms with van der Waals surface area (Å²) in [6.45, 7) is 2.57. The number of hydrogen-bond donors (Lipinski definition) is 1. The number of benzene rings is 1. The van der Waals surface area contributed by atoms with Crippen molar-refractivity contribution in [2.24, 2.45) is 0 Å². The Morgan fingerprint density at radius 1 is 1.35 bits per heavy atom. The maximum Gasteiger partial charge on any atom is 0.0795 e. The minimum atomic E-state index is -0.409. The van der Waals surface area contributed by atoms with Crippen LogP contribution in [0.2, 0.25) is 0 Å². The van der Waals surface area contributed by atoms with Crippen LogP contribution in [0.15, 0.2) is 35.2 Å². The van der Waals surface area contributed by atoms with Crippen LogP contribution in [0.1, 0.15) is 24.3 Å². The third-order valence-electron chi connectivity index (χ3n) is 2.70. The monoisotopic (exact) mass is 248 g/mol. The minimum Gasteiger partial charge on any atom is -0.389 e. The Morgan fingerprint density at radius 3 is 2.59 bits per heavy atom. The number of rotatable bonds is 4. The summed E-state index contributed by atoms with van der Waals surface area (Å²) in [5, 5.41) is 11.5. The van der Waals surface area contributed by atoms with E-state index in [-0.39, 0.29) is 0 Å². The van der Waals surface area contributed by atoms with E-state index in [9.17, 15) is 5.11 Å². The topological polar surface area (TPSA) is 36.4 Å². The van der Waals surface area contributed by atoms with E-state index in [0.717, 1.165) is 23.5 Å². The Hall–Kier alpha value is -1.39. The fourth-order valence-corrected chi connectivity index (χ4v) is 2.21. The quantitative estimate of drug-likeness (QED) is 0.904. The summed E-state index contributed by atoms with van der Waals surface area (Å²) in [4.78, 5) is 6.40. The van der Waals surface area contributed by atoms with Crippen LogP contribution in [-0.2, 0) is 6.54 Å². The van der Waals surface area contributed by atoms with Crippen molar-refractivity contribution >= 4 is 17.0 Å². The molecule has 2 aromatic rings.